The van der Waals surface area contributed by atoms with E-state index in [1.54, 1.807) is 0 Å². The maximum absolute atomic E-state index is 12.5. The monoisotopic (exact) mass is 352 g/mol. The number of rotatable bonds is 9. The number of nitrogens with one attached hydrogen (secondary N) is 2. The summed E-state index contributed by atoms with van der Waals surface area (Å²) in [5.74, 6) is 2.22. The van der Waals surface area contributed by atoms with Gasteiger partial charge in [-0.25, -0.2) is 0 Å². The largest absolute Gasteiger partial charge is 0.356 e. The number of aliphatic imine (C=N–C) groups is 1. The van der Waals surface area contributed by atoms with E-state index in [0.717, 1.165) is 57.2 Å². The van der Waals surface area contributed by atoms with Gasteiger partial charge in [0, 0.05) is 38.6 Å². The number of hydrogen-bond acceptors (Lipinski definition) is 2. The first-order valence-electron chi connectivity index (χ1n) is 10.3. The quantitative estimate of drug-likeness (QED) is 0.380. The van der Waals surface area contributed by atoms with Gasteiger partial charge >= 0.3 is 0 Å². The zero-order valence-corrected chi connectivity index (χ0v) is 17.1. The standard InChI is InChI=1S/C20H40N4O/c1-6-17(7-2)19(25)24-14-11-18(12-15-24)23-20(21-5)22-13-9-8-10-16(3)4/h16-18H,6-15H2,1-5H3,(H2,21,22,23). The van der Waals surface area contributed by atoms with Crippen molar-refractivity contribution in [3.8, 4) is 0 Å². The van der Waals surface area contributed by atoms with Crippen molar-refractivity contribution in [2.45, 2.75) is 78.7 Å². The second-order valence-corrected chi connectivity index (χ2v) is 7.65. The predicted octanol–water partition coefficient (Wildman–Crippen LogP) is 3.40. The summed E-state index contributed by atoms with van der Waals surface area (Å²) in [6, 6.07) is 0.410. The van der Waals surface area contributed by atoms with Crippen molar-refractivity contribution in [1.82, 2.24) is 15.5 Å². The van der Waals surface area contributed by atoms with Crippen LogP contribution in [0.5, 0.6) is 0 Å². The third kappa shape index (κ3) is 8.10. The minimum Gasteiger partial charge on any atom is -0.356 e. The molecule has 5 nitrogen and oxygen atoms in total. The molecule has 5 heteroatoms. The summed E-state index contributed by atoms with van der Waals surface area (Å²) in [6.07, 6.45) is 7.62. The second-order valence-electron chi connectivity index (χ2n) is 7.65. The van der Waals surface area contributed by atoms with Crippen LogP contribution >= 0.6 is 0 Å². The lowest BCUT2D eigenvalue weighted by Gasteiger charge is -2.34. The molecule has 1 aliphatic rings. The van der Waals surface area contributed by atoms with Crippen molar-refractivity contribution < 1.29 is 4.79 Å². The Bertz CT molecular complexity index is 397. The Morgan fingerprint density at radius 1 is 1.16 bits per heavy atom. The molecule has 0 radical (unpaired) electrons. The third-order valence-electron chi connectivity index (χ3n) is 5.21. The van der Waals surface area contributed by atoms with Crippen LogP contribution in [0.2, 0.25) is 0 Å². The molecule has 0 spiro atoms. The molecule has 0 aromatic heterocycles. The maximum atomic E-state index is 12.5. The van der Waals surface area contributed by atoms with Crippen molar-refractivity contribution >= 4 is 11.9 Å². The molecule has 146 valence electrons. The van der Waals surface area contributed by atoms with Crippen LogP contribution in [0.4, 0.5) is 0 Å². The summed E-state index contributed by atoms with van der Waals surface area (Å²) in [5.41, 5.74) is 0. The van der Waals surface area contributed by atoms with E-state index < -0.39 is 0 Å². The van der Waals surface area contributed by atoms with Gasteiger partial charge in [0.25, 0.3) is 0 Å². The van der Waals surface area contributed by atoms with Crippen molar-refractivity contribution in [1.29, 1.82) is 0 Å². The molecule has 1 saturated heterocycles. The Kier molecular flexibility index (Phi) is 10.6. The summed E-state index contributed by atoms with van der Waals surface area (Å²) in [5, 5.41) is 6.94. The number of carbonyl (C=O) groups is 1. The lowest BCUT2D eigenvalue weighted by Crippen LogP contribution is -2.50. The van der Waals surface area contributed by atoms with Crippen LogP contribution in [0.3, 0.4) is 0 Å². The van der Waals surface area contributed by atoms with Gasteiger partial charge in [-0.3, -0.25) is 9.79 Å². The van der Waals surface area contributed by atoms with Crippen LogP contribution in [0, 0.1) is 11.8 Å². The fourth-order valence-corrected chi connectivity index (χ4v) is 3.41. The maximum Gasteiger partial charge on any atom is 0.225 e. The lowest BCUT2D eigenvalue weighted by molar-refractivity contribution is -0.136. The summed E-state index contributed by atoms with van der Waals surface area (Å²) in [7, 11) is 1.83. The van der Waals surface area contributed by atoms with Crippen LogP contribution in [-0.4, -0.2) is 49.5 Å². The Hall–Kier alpha value is -1.26. The number of guanidine groups is 1. The van der Waals surface area contributed by atoms with E-state index in [9.17, 15) is 4.79 Å². The highest BCUT2D eigenvalue weighted by Gasteiger charge is 2.26. The molecule has 1 fully saturated rings. The molecule has 1 heterocycles. The van der Waals surface area contributed by atoms with E-state index in [-0.39, 0.29) is 5.92 Å². The third-order valence-corrected chi connectivity index (χ3v) is 5.21. The minimum atomic E-state index is 0.199. The van der Waals surface area contributed by atoms with E-state index in [0.29, 0.717) is 11.9 Å². The predicted molar refractivity (Wildman–Crippen MR) is 107 cm³/mol. The number of piperidine rings is 1. The number of likely N-dealkylation sites (tertiary alicyclic amines) is 1. The SMILES string of the molecule is CCC(CC)C(=O)N1CCC(NC(=NC)NCCCCC(C)C)CC1. The molecule has 0 saturated carbocycles. The molecule has 25 heavy (non-hydrogen) atoms. The second kappa shape index (κ2) is 12.2. The topological polar surface area (TPSA) is 56.7 Å². The van der Waals surface area contributed by atoms with Crippen LogP contribution in [0.1, 0.15) is 72.6 Å². The van der Waals surface area contributed by atoms with E-state index in [4.69, 9.17) is 0 Å². The van der Waals surface area contributed by atoms with Gasteiger partial charge in [-0.05, 0) is 38.0 Å². The molecule has 1 rings (SSSR count). The smallest absolute Gasteiger partial charge is 0.225 e. The van der Waals surface area contributed by atoms with Gasteiger partial charge in [0.15, 0.2) is 5.96 Å². The molecular formula is C20H40N4O. The number of unbranched alkanes of at least 4 members (excludes halogenated alkanes) is 1. The van der Waals surface area contributed by atoms with Crippen LogP contribution in [0.15, 0.2) is 4.99 Å². The first-order valence-corrected chi connectivity index (χ1v) is 10.3. The van der Waals surface area contributed by atoms with Gasteiger partial charge in [0.1, 0.15) is 0 Å². The molecule has 2 N–H and O–H groups in total. The minimum absolute atomic E-state index is 0.199. The summed E-state index contributed by atoms with van der Waals surface area (Å²) >= 11 is 0. The average molecular weight is 353 g/mol. The molecule has 0 aromatic rings. The Morgan fingerprint density at radius 3 is 2.32 bits per heavy atom. The highest BCUT2D eigenvalue weighted by molar-refractivity contribution is 5.80. The van der Waals surface area contributed by atoms with Crippen LogP contribution in [-0.2, 0) is 4.79 Å². The molecule has 0 aliphatic carbocycles. The number of nitrogens with zero attached hydrogens (tertiary/aromatic N) is 2. The first-order chi connectivity index (χ1) is 12.0. The molecule has 1 amide bonds. The molecule has 0 unspecified atom stereocenters. The van der Waals surface area contributed by atoms with Gasteiger partial charge in [-0.2, -0.15) is 0 Å². The van der Waals surface area contributed by atoms with Crippen LogP contribution < -0.4 is 10.6 Å². The van der Waals surface area contributed by atoms with Crippen LogP contribution in [0.25, 0.3) is 0 Å². The molecular weight excluding hydrogens is 312 g/mol. The van der Waals surface area contributed by atoms with Crippen molar-refractivity contribution in [2.75, 3.05) is 26.7 Å². The molecule has 0 bridgehead atoms. The first kappa shape index (κ1) is 21.8. The highest BCUT2D eigenvalue weighted by Crippen LogP contribution is 2.17. The van der Waals surface area contributed by atoms with Crippen molar-refractivity contribution in [3.05, 3.63) is 0 Å². The number of hydrogen-bond donors (Lipinski definition) is 2. The van der Waals surface area contributed by atoms with E-state index in [1.165, 1.54) is 19.3 Å². The average Bonchev–Trinajstić information content (AvgIpc) is 2.61. The summed E-state index contributed by atoms with van der Waals surface area (Å²) in [4.78, 5) is 18.9. The summed E-state index contributed by atoms with van der Waals surface area (Å²) < 4.78 is 0. The fraction of sp³-hybridized carbons (Fsp3) is 0.900. The zero-order valence-electron chi connectivity index (χ0n) is 17.1. The Balaban J connectivity index is 2.28. The molecule has 0 atom stereocenters. The van der Waals surface area contributed by atoms with Crippen molar-refractivity contribution in [3.63, 3.8) is 0 Å². The Morgan fingerprint density at radius 2 is 1.80 bits per heavy atom. The van der Waals surface area contributed by atoms with Gasteiger partial charge < -0.3 is 15.5 Å². The molecule has 1 aliphatic heterocycles. The van der Waals surface area contributed by atoms with Gasteiger partial charge in [-0.15, -0.1) is 0 Å². The zero-order chi connectivity index (χ0) is 18.7. The van der Waals surface area contributed by atoms with Crippen molar-refractivity contribution in [2.24, 2.45) is 16.8 Å². The lowest BCUT2D eigenvalue weighted by atomic mass is 9.98. The number of amides is 1. The highest BCUT2D eigenvalue weighted by atomic mass is 16.2. The normalized spacial score (nSPS) is 16.6. The number of carbonyl (C=O) groups excluding carboxylic acids is 1. The van der Waals surface area contributed by atoms with Gasteiger partial charge in [-0.1, -0.05) is 40.5 Å². The van der Waals surface area contributed by atoms with Gasteiger partial charge in [0.2, 0.25) is 5.91 Å². The Labute approximate surface area is 155 Å². The summed E-state index contributed by atoms with van der Waals surface area (Å²) in [6.45, 7) is 11.5. The van der Waals surface area contributed by atoms with E-state index >= 15 is 0 Å². The molecule has 0 aromatic carbocycles. The van der Waals surface area contributed by atoms with E-state index in [1.807, 2.05) is 7.05 Å². The fourth-order valence-electron chi connectivity index (χ4n) is 3.41. The van der Waals surface area contributed by atoms with Gasteiger partial charge in [0.05, 0.1) is 0 Å². The van der Waals surface area contributed by atoms with E-state index in [2.05, 4.69) is 48.2 Å².